The standard InChI is InChI=1S/C9H15NOS/c1-7(2)8-5-12-4-3-9(8,11)6-10/h7-8,11H,3-5H2,1-2H3. The molecule has 1 fully saturated rings. The van der Waals surface area contributed by atoms with E-state index in [0.29, 0.717) is 12.3 Å². The van der Waals surface area contributed by atoms with E-state index in [1.165, 1.54) is 0 Å². The van der Waals surface area contributed by atoms with E-state index in [2.05, 4.69) is 19.9 Å². The molecule has 0 aliphatic carbocycles. The van der Waals surface area contributed by atoms with Crippen molar-refractivity contribution in [3.63, 3.8) is 0 Å². The Hall–Kier alpha value is -0.200. The van der Waals surface area contributed by atoms with Gasteiger partial charge < -0.3 is 5.11 Å². The van der Waals surface area contributed by atoms with Crippen molar-refractivity contribution < 1.29 is 5.11 Å². The molecule has 68 valence electrons. The summed E-state index contributed by atoms with van der Waals surface area (Å²) in [4.78, 5) is 0. The summed E-state index contributed by atoms with van der Waals surface area (Å²) in [7, 11) is 0. The van der Waals surface area contributed by atoms with E-state index >= 15 is 0 Å². The van der Waals surface area contributed by atoms with Gasteiger partial charge >= 0.3 is 0 Å². The molecule has 0 aromatic carbocycles. The lowest BCUT2D eigenvalue weighted by Crippen LogP contribution is -2.44. The monoisotopic (exact) mass is 185 g/mol. The topological polar surface area (TPSA) is 44.0 Å². The van der Waals surface area contributed by atoms with Crippen molar-refractivity contribution in [1.82, 2.24) is 0 Å². The second-order valence-electron chi connectivity index (χ2n) is 3.71. The van der Waals surface area contributed by atoms with E-state index in [9.17, 15) is 5.11 Å². The summed E-state index contributed by atoms with van der Waals surface area (Å²) in [6, 6.07) is 2.05. The van der Waals surface area contributed by atoms with Gasteiger partial charge in [0.1, 0.15) is 0 Å². The SMILES string of the molecule is CC(C)C1CSCCC1(O)C#N. The van der Waals surface area contributed by atoms with Crippen LogP contribution in [0, 0.1) is 23.2 Å². The van der Waals surface area contributed by atoms with Crippen molar-refractivity contribution in [1.29, 1.82) is 5.26 Å². The molecule has 0 aromatic rings. The maximum atomic E-state index is 9.94. The molecule has 1 rings (SSSR count). The normalized spacial score (nSPS) is 36.4. The first kappa shape index (κ1) is 9.88. The summed E-state index contributed by atoms with van der Waals surface area (Å²) in [5.41, 5.74) is -1.06. The predicted molar refractivity (Wildman–Crippen MR) is 50.8 cm³/mol. The number of hydrogen-bond acceptors (Lipinski definition) is 3. The number of thioether (sulfide) groups is 1. The van der Waals surface area contributed by atoms with E-state index in [1.54, 1.807) is 0 Å². The second kappa shape index (κ2) is 3.68. The Morgan fingerprint density at radius 3 is 2.75 bits per heavy atom. The van der Waals surface area contributed by atoms with Gasteiger partial charge in [0.05, 0.1) is 6.07 Å². The molecule has 0 bridgehead atoms. The van der Waals surface area contributed by atoms with E-state index < -0.39 is 5.60 Å². The van der Waals surface area contributed by atoms with Crippen LogP contribution in [0.2, 0.25) is 0 Å². The Kier molecular flexibility index (Phi) is 3.03. The minimum absolute atomic E-state index is 0.140. The van der Waals surface area contributed by atoms with Crippen LogP contribution in [0.3, 0.4) is 0 Å². The maximum absolute atomic E-state index is 9.94. The highest BCUT2D eigenvalue weighted by molar-refractivity contribution is 7.99. The zero-order chi connectivity index (χ0) is 9.19. The molecule has 0 saturated carbocycles. The van der Waals surface area contributed by atoms with Crippen molar-refractivity contribution in [2.75, 3.05) is 11.5 Å². The third kappa shape index (κ3) is 1.75. The fraction of sp³-hybridized carbons (Fsp3) is 0.889. The molecule has 1 saturated heterocycles. The van der Waals surface area contributed by atoms with Gasteiger partial charge in [-0.05, 0) is 18.1 Å². The fourth-order valence-corrected chi connectivity index (χ4v) is 3.18. The second-order valence-corrected chi connectivity index (χ2v) is 4.86. The molecule has 1 aliphatic rings. The van der Waals surface area contributed by atoms with Crippen molar-refractivity contribution in [2.24, 2.45) is 11.8 Å². The van der Waals surface area contributed by atoms with Gasteiger partial charge in [0.25, 0.3) is 0 Å². The Balaban J connectivity index is 2.75. The zero-order valence-electron chi connectivity index (χ0n) is 7.58. The third-order valence-electron chi connectivity index (χ3n) is 2.54. The Labute approximate surface area is 78.0 Å². The summed E-state index contributed by atoms with van der Waals surface area (Å²) >= 11 is 1.84. The molecular formula is C9H15NOS. The first-order chi connectivity index (χ1) is 5.60. The number of nitrogens with zero attached hydrogens (tertiary/aromatic N) is 1. The van der Waals surface area contributed by atoms with Gasteiger partial charge in [-0.2, -0.15) is 17.0 Å². The van der Waals surface area contributed by atoms with Crippen LogP contribution in [-0.4, -0.2) is 22.2 Å². The third-order valence-corrected chi connectivity index (χ3v) is 3.62. The fourth-order valence-electron chi connectivity index (χ4n) is 1.64. The van der Waals surface area contributed by atoms with Gasteiger partial charge in [-0.3, -0.25) is 0 Å². The molecule has 2 nitrogen and oxygen atoms in total. The van der Waals surface area contributed by atoms with Crippen LogP contribution in [0.5, 0.6) is 0 Å². The molecular weight excluding hydrogens is 170 g/mol. The first-order valence-electron chi connectivity index (χ1n) is 4.31. The lowest BCUT2D eigenvalue weighted by Gasteiger charge is -2.36. The molecule has 0 radical (unpaired) electrons. The van der Waals surface area contributed by atoms with Crippen molar-refractivity contribution >= 4 is 11.8 Å². The Morgan fingerprint density at radius 2 is 2.33 bits per heavy atom. The molecule has 3 heteroatoms. The highest BCUT2D eigenvalue weighted by Crippen LogP contribution is 2.36. The summed E-state index contributed by atoms with van der Waals surface area (Å²) in [6.07, 6.45) is 0.622. The van der Waals surface area contributed by atoms with Crippen LogP contribution in [-0.2, 0) is 0 Å². The summed E-state index contributed by atoms with van der Waals surface area (Å²) in [6.45, 7) is 4.14. The highest BCUT2D eigenvalue weighted by Gasteiger charge is 2.40. The van der Waals surface area contributed by atoms with Crippen molar-refractivity contribution in [2.45, 2.75) is 25.9 Å². The molecule has 2 atom stereocenters. The molecule has 1 aliphatic heterocycles. The zero-order valence-corrected chi connectivity index (χ0v) is 8.40. The van der Waals surface area contributed by atoms with Crippen molar-refractivity contribution in [3.05, 3.63) is 0 Å². The minimum atomic E-state index is -1.06. The van der Waals surface area contributed by atoms with E-state index in [1.807, 2.05) is 11.8 Å². The maximum Gasteiger partial charge on any atom is 0.155 e. The minimum Gasteiger partial charge on any atom is -0.375 e. The van der Waals surface area contributed by atoms with Gasteiger partial charge in [-0.15, -0.1) is 0 Å². The van der Waals surface area contributed by atoms with Gasteiger partial charge in [-0.1, -0.05) is 13.8 Å². The van der Waals surface area contributed by atoms with Gasteiger partial charge in [0.2, 0.25) is 0 Å². The average molecular weight is 185 g/mol. The smallest absolute Gasteiger partial charge is 0.155 e. The summed E-state index contributed by atoms with van der Waals surface area (Å²) < 4.78 is 0. The van der Waals surface area contributed by atoms with Crippen LogP contribution >= 0.6 is 11.8 Å². The molecule has 0 amide bonds. The molecule has 0 aromatic heterocycles. The first-order valence-corrected chi connectivity index (χ1v) is 5.47. The lowest BCUT2D eigenvalue weighted by atomic mass is 9.80. The van der Waals surface area contributed by atoms with Crippen LogP contribution in [0.25, 0.3) is 0 Å². The molecule has 2 unspecified atom stereocenters. The predicted octanol–water partition coefficient (Wildman–Crippen LogP) is 1.65. The van der Waals surface area contributed by atoms with Crippen LogP contribution in [0.4, 0.5) is 0 Å². The number of aliphatic hydroxyl groups is 1. The van der Waals surface area contributed by atoms with Crippen LogP contribution in [0.1, 0.15) is 20.3 Å². The number of nitriles is 1. The average Bonchev–Trinajstić information content (AvgIpc) is 2.05. The van der Waals surface area contributed by atoms with Gasteiger partial charge in [0, 0.05) is 11.7 Å². The summed E-state index contributed by atoms with van der Waals surface area (Å²) in [5, 5.41) is 18.8. The van der Waals surface area contributed by atoms with E-state index in [4.69, 9.17) is 5.26 Å². The highest BCUT2D eigenvalue weighted by atomic mass is 32.2. The van der Waals surface area contributed by atoms with Crippen molar-refractivity contribution in [3.8, 4) is 6.07 Å². The van der Waals surface area contributed by atoms with E-state index in [0.717, 1.165) is 11.5 Å². The Morgan fingerprint density at radius 1 is 1.67 bits per heavy atom. The molecule has 12 heavy (non-hydrogen) atoms. The lowest BCUT2D eigenvalue weighted by molar-refractivity contribution is 0.0193. The number of hydrogen-bond donors (Lipinski definition) is 1. The summed E-state index contributed by atoms with van der Waals surface area (Å²) in [5.74, 6) is 2.36. The quantitative estimate of drug-likeness (QED) is 0.632. The van der Waals surface area contributed by atoms with Gasteiger partial charge in [-0.25, -0.2) is 0 Å². The number of rotatable bonds is 1. The van der Waals surface area contributed by atoms with E-state index in [-0.39, 0.29) is 5.92 Å². The van der Waals surface area contributed by atoms with Crippen LogP contribution < -0.4 is 0 Å². The largest absolute Gasteiger partial charge is 0.375 e. The van der Waals surface area contributed by atoms with Gasteiger partial charge in [0.15, 0.2) is 5.60 Å². The molecule has 0 spiro atoms. The van der Waals surface area contributed by atoms with Crippen LogP contribution in [0.15, 0.2) is 0 Å². The molecule has 1 heterocycles. The molecule has 1 N–H and O–H groups in total. The Bertz CT molecular complexity index is 199.